The molecule has 2 nitrogen and oxygen atoms in total. The van der Waals surface area contributed by atoms with Gasteiger partial charge in [0.25, 0.3) is 0 Å². The summed E-state index contributed by atoms with van der Waals surface area (Å²) in [6.07, 6.45) is 5.85. The van der Waals surface area contributed by atoms with Crippen LogP contribution >= 0.6 is 11.3 Å². The van der Waals surface area contributed by atoms with Crippen LogP contribution in [0.3, 0.4) is 0 Å². The molecule has 0 unspecified atom stereocenters. The molecule has 1 fully saturated rings. The minimum atomic E-state index is -0.621. The molecule has 0 saturated heterocycles. The summed E-state index contributed by atoms with van der Waals surface area (Å²) in [5.41, 5.74) is 0.659. The summed E-state index contributed by atoms with van der Waals surface area (Å²) in [5, 5.41) is 11.6. The van der Waals surface area contributed by atoms with Crippen molar-refractivity contribution in [2.24, 2.45) is 0 Å². The smallest absolute Gasteiger partial charge is 0.314 e. The molecule has 1 N–H and O–H groups in total. The van der Waals surface area contributed by atoms with Crippen LogP contribution in [0.2, 0.25) is 0 Å². The van der Waals surface area contributed by atoms with Gasteiger partial charge in [0, 0.05) is 4.88 Å². The summed E-state index contributed by atoms with van der Waals surface area (Å²) < 4.78 is 0. The van der Waals surface area contributed by atoms with Gasteiger partial charge in [0.15, 0.2) is 0 Å². The van der Waals surface area contributed by atoms with Crippen molar-refractivity contribution in [3.05, 3.63) is 21.9 Å². The van der Waals surface area contributed by atoms with Gasteiger partial charge in [-0.25, -0.2) is 0 Å². The number of rotatable bonds is 3. The van der Waals surface area contributed by atoms with Crippen LogP contribution in [0.1, 0.15) is 49.5 Å². The monoisotopic (exact) mass is 238 g/mol. The summed E-state index contributed by atoms with van der Waals surface area (Å²) in [7, 11) is 0. The largest absolute Gasteiger partial charge is 0.481 e. The Kier molecular flexibility index (Phi) is 3.33. The Morgan fingerprint density at radius 3 is 2.69 bits per heavy atom. The maximum atomic E-state index is 11.6. The van der Waals surface area contributed by atoms with Gasteiger partial charge >= 0.3 is 5.97 Å². The van der Waals surface area contributed by atoms with Crippen LogP contribution in [0.15, 0.2) is 11.4 Å². The number of carboxylic acid groups (broad SMARTS) is 1. The average molecular weight is 238 g/mol. The number of hydrogen-bond donors (Lipinski definition) is 1. The van der Waals surface area contributed by atoms with Crippen LogP contribution in [-0.2, 0) is 16.6 Å². The minimum absolute atomic E-state index is 0.572. The molecule has 0 aliphatic heterocycles. The lowest BCUT2D eigenvalue weighted by Crippen LogP contribution is -2.37. The van der Waals surface area contributed by atoms with E-state index in [1.807, 2.05) is 5.38 Å². The van der Waals surface area contributed by atoms with Crippen molar-refractivity contribution < 1.29 is 9.90 Å². The Labute approximate surface area is 100 Å². The topological polar surface area (TPSA) is 37.3 Å². The van der Waals surface area contributed by atoms with Gasteiger partial charge in [-0.05, 0) is 36.3 Å². The first kappa shape index (κ1) is 11.6. The number of carboxylic acids is 1. The summed E-state index contributed by atoms with van der Waals surface area (Å²) in [6, 6.07) is 2.08. The van der Waals surface area contributed by atoms with Crippen molar-refractivity contribution in [2.45, 2.75) is 50.9 Å². The first-order valence-corrected chi connectivity index (χ1v) is 6.89. The molecule has 2 rings (SSSR count). The quantitative estimate of drug-likeness (QED) is 0.873. The van der Waals surface area contributed by atoms with E-state index in [0.717, 1.165) is 37.0 Å². The van der Waals surface area contributed by atoms with Gasteiger partial charge in [-0.3, -0.25) is 4.79 Å². The van der Waals surface area contributed by atoms with Crippen LogP contribution in [0, 0.1) is 0 Å². The van der Waals surface area contributed by atoms with E-state index in [2.05, 4.69) is 13.0 Å². The molecule has 1 heterocycles. The van der Waals surface area contributed by atoms with E-state index in [1.54, 1.807) is 11.3 Å². The Hall–Kier alpha value is -0.830. The number of aliphatic carboxylic acids is 1. The van der Waals surface area contributed by atoms with Crippen LogP contribution < -0.4 is 0 Å². The Balaban J connectivity index is 2.42. The van der Waals surface area contributed by atoms with Gasteiger partial charge in [0.05, 0.1) is 0 Å². The summed E-state index contributed by atoms with van der Waals surface area (Å²) in [4.78, 5) is 12.8. The van der Waals surface area contributed by atoms with Gasteiger partial charge in [-0.2, -0.15) is 0 Å². The highest BCUT2D eigenvalue weighted by atomic mass is 32.1. The van der Waals surface area contributed by atoms with Crippen molar-refractivity contribution in [1.29, 1.82) is 0 Å². The van der Waals surface area contributed by atoms with Gasteiger partial charge in [0.1, 0.15) is 5.41 Å². The molecule has 0 spiro atoms. The van der Waals surface area contributed by atoms with E-state index in [0.29, 0.717) is 0 Å². The van der Waals surface area contributed by atoms with Crippen LogP contribution in [0.4, 0.5) is 0 Å². The normalized spacial score (nSPS) is 19.6. The first-order chi connectivity index (χ1) is 7.70. The van der Waals surface area contributed by atoms with Gasteiger partial charge < -0.3 is 5.11 Å². The second kappa shape index (κ2) is 4.58. The molecule has 16 heavy (non-hydrogen) atoms. The van der Waals surface area contributed by atoms with E-state index in [1.165, 1.54) is 12.0 Å². The predicted molar refractivity (Wildman–Crippen MR) is 66.1 cm³/mol. The number of aryl methyl sites for hydroxylation is 1. The molecule has 0 atom stereocenters. The van der Waals surface area contributed by atoms with E-state index in [9.17, 15) is 9.90 Å². The molecule has 1 aliphatic carbocycles. The average Bonchev–Trinajstić information content (AvgIpc) is 2.78. The van der Waals surface area contributed by atoms with E-state index in [4.69, 9.17) is 0 Å². The maximum Gasteiger partial charge on any atom is 0.314 e. The zero-order chi connectivity index (χ0) is 11.6. The Morgan fingerprint density at radius 2 is 2.12 bits per heavy atom. The third-order valence-electron chi connectivity index (χ3n) is 3.68. The number of carbonyl (C=O) groups is 1. The summed E-state index contributed by atoms with van der Waals surface area (Å²) in [5.74, 6) is -0.621. The second-order valence-electron chi connectivity index (χ2n) is 4.58. The van der Waals surface area contributed by atoms with E-state index < -0.39 is 11.4 Å². The second-order valence-corrected chi connectivity index (χ2v) is 5.49. The molecule has 0 aromatic carbocycles. The summed E-state index contributed by atoms with van der Waals surface area (Å²) in [6.45, 7) is 2.10. The third kappa shape index (κ3) is 1.77. The van der Waals surface area contributed by atoms with Gasteiger partial charge in [0.2, 0.25) is 0 Å². The maximum absolute atomic E-state index is 11.6. The molecule has 1 saturated carbocycles. The number of thiophene rings is 1. The van der Waals surface area contributed by atoms with Gasteiger partial charge in [-0.15, -0.1) is 11.3 Å². The van der Waals surface area contributed by atoms with Crippen LogP contribution in [0.25, 0.3) is 0 Å². The zero-order valence-corrected chi connectivity index (χ0v) is 10.5. The summed E-state index contributed by atoms with van der Waals surface area (Å²) >= 11 is 1.63. The lowest BCUT2D eigenvalue weighted by Gasteiger charge is -2.33. The SMILES string of the molecule is CCc1ccsc1C1(C(=O)O)CCCCC1. The van der Waals surface area contributed by atoms with Crippen LogP contribution in [0.5, 0.6) is 0 Å². The van der Waals surface area contributed by atoms with Crippen LogP contribution in [-0.4, -0.2) is 11.1 Å². The Bertz CT molecular complexity index is 375. The highest BCUT2D eigenvalue weighted by molar-refractivity contribution is 7.10. The van der Waals surface area contributed by atoms with Crippen molar-refractivity contribution in [2.75, 3.05) is 0 Å². The van der Waals surface area contributed by atoms with Crippen molar-refractivity contribution in [3.8, 4) is 0 Å². The molecule has 0 radical (unpaired) electrons. The zero-order valence-electron chi connectivity index (χ0n) is 9.66. The lowest BCUT2D eigenvalue weighted by atomic mass is 9.72. The number of hydrogen-bond acceptors (Lipinski definition) is 2. The first-order valence-electron chi connectivity index (χ1n) is 6.01. The van der Waals surface area contributed by atoms with E-state index in [-0.39, 0.29) is 0 Å². The molecular formula is C13H18O2S. The van der Waals surface area contributed by atoms with E-state index >= 15 is 0 Å². The fraction of sp³-hybridized carbons (Fsp3) is 0.615. The molecule has 1 aliphatic rings. The highest BCUT2D eigenvalue weighted by Gasteiger charge is 2.43. The standard InChI is InChI=1S/C13H18O2S/c1-2-10-6-9-16-11(10)13(12(14)15)7-4-3-5-8-13/h6,9H,2-5,7-8H2,1H3,(H,14,15). The molecule has 0 bridgehead atoms. The molecule has 0 amide bonds. The van der Waals surface area contributed by atoms with Crippen molar-refractivity contribution >= 4 is 17.3 Å². The fourth-order valence-electron chi connectivity index (χ4n) is 2.73. The highest BCUT2D eigenvalue weighted by Crippen LogP contribution is 2.43. The molecule has 88 valence electrons. The Morgan fingerprint density at radius 1 is 1.44 bits per heavy atom. The fourth-order valence-corrected chi connectivity index (χ4v) is 3.98. The molecule has 1 aromatic rings. The third-order valence-corrected chi connectivity index (χ3v) is 4.84. The van der Waals surface area contributed by atoms with Gasteiger partial charge in [-0.1, -0.05) is 26.2 Å². The molecule has 3 heteroatoms. The lowest BCUT2D eigenvalue weighted by molar-refractivity contribution is -0.145. The minimum Gasteiger partial charge on any atom is -0.481 e. The molecule has 1 aromatic heterocycles. The predicted octanol–water partition coefficient (Wildman–Crippen LogP) is 3.60. The molecular weight excluding hydrogens is 220 g/mol. The van der Waals surface area contributed by atoms with Crippen molar-refractivity contribution in [3.63, 3.8) is 0 Å². The van der Waals surface area contributed by atoms with Crippen molar-refractivity contribution in [1.82, 2.24) is 0 Å².